The smallest absolute Gasteiger partial charge is 0.266 e. The summed E-state index contributed by atoms with van der Waals surface area (Å²) in [7, 11) is 0. The number of rotatable bonds is 3. The van der Waals surface area contributed by atoms with Gasteiger partial charge >= 0.3 is 0 Å². The van der Waals surface area contributed by atoms with Crippen LogP contribution in [0.15, 0.2) is 52.1 Å². The van der Waals surface area contributed by atoms with Crippen molar-refractivity contribution in [3.8, 4) is 0 Å². The normalized spacial score (nSPS) is 12.0. The van der Waals surface area contributed by atoms with Crippen LogP contribution in [0.3, 0.4) is 0 Å². The number of hydrogen-bond acceptors (Lipinski definition) is 5. The van der Waals surface area contributed by atoms with Gasteiger partial charge in [0.1, 0.15) is 11.5 Å². The topological polar surface area (TPSA) is 64.3 Å². The molecule has 9 heteroatoms. The van der Waals surface area contributed by atoms with Crippen molar-refractivity contribution in [2.24, 2.45) is 0 Å². The van der Waals surface area contributed by atoms with Gasteiger partial charge < -0.3 is 0 Å². The van der Waals surface area contributed by atoms with Gasteiger partial charge in [-0.05, 0) is 35.9 Å². The second-order valence-electron chi connectivity index (χ2n) is 5.91. The first-order valence-electron chi connectivity index (χ1n) is 8.05. The van der Waals surface area contributed by atoms with Crippen molar-refractivity contribution >= 4 is 45.6 Å². The molecule has 0 aliphatic rings. The summed E-state index contributed by atoms with van der Waals surface area (Å²) in [6, 6.07) is 10.7. The Bertz CT molecular complexity index is 1350. The fourth-order valence-electron chi connectivity index (χ4n) is 2.63. The molecule has 2 heterocycles. The second-order valence-corrected chi connectivity index (χ2v) is 7.74. The predicted octanol–water partition coefficient (Wildman–Crippen LogP) is 3.10. The lowest BCUT2D eigenvalue weighted by Gasteiger charge is -2.00. The van der Waals surface area contributed by atoms with E-state index in [4.69, 9.17) is 23.2 Å². The van der Waals surface area contributed by atoms with E-state index in [2.05, 4.69) is 10.1 Å². The quantitative estimate of drug-likeness (QED) is 0.497. The molecule has 4 aromatic rings. The van der Waals surface area contributed by atoms with Gasteiger partial charge in [-0.1, -0.05) is 52.7 Å². The van der Waals surface area contributed by atoms with E-state index in [0.29, 0.717) is 25.7 Å². The monoisotopic (exact) mass is 433 g/mol. The lowest BCUT2D eigenvalue weighted by molar-refractivity contribution is 0.627. The number of fused-ring (bicyclic) bond motifs is 1. The van der Waals surface area contributed by atoms with Gasteiger partial charge in [-0.25, -0.2) is 4.39 Å². The maximum atomic E-state index is 13.0. The molecule has 0 aliphatic carbocycles. The highest BCUT2D eigenvalue weighted by molar-refractivity contribution is 7.15. The third-order valence-electron chi connectivity index (χ3n) is 4.01. The largest absolute Gasteiger partial charge is 0.296 e. The summed E-state index contributed by atoms with van der Waals surface area (Å²) in [5.74, 6) is -0.375. The standard InChI is InChI=1S/C19H10Cl2FN3O2S/c20-13-2-1-3-14(21)12(13)9-16-18(27)25-19(28-16)23-17(26)15(24-25)8-10-4-6-11(22)7-5-10/h1-7,9H,8H2/b16-9+. The van der Waals surface area contributed by atoms with Crippen LogP contribution in [0.25, 0.3) is 11.0 Å². The number of nitrogens with zero attached hydrogens (tertiary/aromatic N) is 3. The van der Waals surface area contributed by atoms with E-state index in [1.807, 2.05) is 0 Å². The summed E-state index contributed by atoms with van der Waals surface area (Å²) in [4.78, 5) is 29.1. The van der Waals surface area contributed by atoms with E-state index in [1.165, 1.54) is 12.1 Å². The van der Waals surface area contributed by atoms with E-state index in [0.717, 1.165) is 15.9 Å². The maximum absolute atomic E-state index is 13.0. The average molecular weight is 434 g/mol. The zero-order valence-corrected chi connectivity index (χ0v) is 16.4. The minimum atomic E-state index is -0.534. The van der Waals surface area contributed by atoms with Crippen molar-refractivity contribution < 1.29 is 4.39 Å². The SMILES string of the molecule is O=c1nc2s/c(=C/c3c(Cl)cccc3Cl)c(=O)n2nc1Cc1ccc(F)cc1. The van der Waals surface area contributed by atoms with E-state index in [1.54, 1.807) is 36.4 Å². The average Bonchev–Trinajstić information content (AvgIpc) is 2.95. The van der Waals surface area contributed by atoms with Crippen molar-refractivity contribution in [1.82, 2.24) is 14.6 Å². The molecule has 0 bridgehead atoms. The zero-order chi connectivity index (χ0) is 19.8. The van der Waals surface area contributed by atoms with Crippen LogP contribution in [0.5, 0.6) is 0 Å². The Labute approximate surface area is 171 Å². The van der Waals surface area contributed by atoms with Gasteiger partial charge in [0.2, 0.25) is 4.96 Å². The molecule has 28 heavy (non-hydrogen) atoms. The molecule has 5 nitrogen and oxygen atoms in total. The van der Waals surface area contributed by atoms with Crippen LogP contribution in [0.4, 0.5) is 4.39 Å². The molecule has 0 atom stereocenters. The number of aromatic nitrogens is 3. The lowest BCUT2D eigenvalue weighted by atomic mass is 10.1. The molecule has 0 N–H and O–H groups in total. The molecule has 0 aliphatic heterocycles. The summed E-state index contributed by atoms with van der Waals surface area (Å²) in [6.45, 7) is 0. The van der Waals surface area contributed by atoms with Crippen molar-refractivity contribution in [1.29, 1.82) is 0 Å². The molecule has 0 spiro atoms. The van der Waals surface area contributed by atoms with Gasteiger partial charge in [0, 0.05) is 22.0 Å². The zero-order valence-electron chi connectivity index (χ0n) is 14.0. The first-order valence-corrected chi connectivity index (χ1v) is 9.62. The van der Waals surface area contributed by atoms with E-state index >= 15 is 0 Å². The Hall–Kier alpha value is -2.61. The highest BCUT2D eigenvalue weighted by Gasteiger charge is 2.12. The highest BCUT2D eigenvalue weighted by atomic mass is 35.5. The second kappa shape index (κ2) is 7.43. The third-order valence-corrected chi connectivity index (χ3v) is 5.63. The van der Waals surface area contributed by atoms with Crippen LogP contribution in [0, 0.1) is 5.82 Å². The number of halogens is 3. The summed E-state index contributed by atoms with van der Waals surface area (Å²) in [5, 5.41) is 4.96. The Kier molecular flexibility index (Phi) is 4.97. The van der Waals surface area contributed by atoms with Crippen molar-refractivity contribution in [2.45, 2.75) is 6.42 Å². The fourth-order valence-corrected chi connectivity index (χ4v) is 4.02. The molecule has 140 valence electrons. The summed E-state index contributed by atoms with van der Waals surface area (Å²) >= 11 is 13.3. The Morgan fingerprint density at radius 2 is 1.75 bits per heavy atom. The van der Waals surface area contributed by atoms with Gasteiger partial charge in [0.15, 0.2) is 0 Å². The molecule has 0 fully saturated rings. The lowest BCUT2D eigenvalue weighted by Crippen LogP contribution is -2.28. The number of thiazole rings is 1. The number of benzene rings is 2. The number of hydrogen-bond donors (Lipinski definition) is 0. The van der Waals surface area contributed by atoms with Crippen LogP contribution in [-0.4, -0.2) is 14.6 Å². The Balaban J connectivity index is 1.84. The summed E-state index contributed by atoms with van der Waals surface area (Å²) in [6.07, 6.45) is 1.69. The highest BCUT2D eigenvalue weighted by Crippen LogP contribution is 2.24. The Morgan fingerprint density at radius 1 is 1.07 bits per heavy atom. The minimum absolute atomic E-state index is 0.0985. The van der Waals surface area contributed by atoms with Gasteiger partial charge in [0.25, 0.3) is 11.1 Å². The van der Waals surface area contributed by atoms with E-state index in [9.17, 15) is 14.0 Å². The van der Waals surface area contributed by atoms with Gasteiger partial charge in [-0.2, -0.15) is 14.6 Å². The van der Waals surface area contributed by atoms with E-state index in [-0.39, 0.29) is 22.9 Å². The van der Waals surface area contributed by atoms with Crippen LogP contribution in [0.1, 0.15) is 16.8 Å². The van der Waals surface area contributed by atoms with Crippen molar-refractivity contribution in [2.75, 3.05) is 0 Å². The fraction of sp³-hybridized carbons (Fsp3) is 0.0526. The molecule has 0 saturated heterocycles. The molecule has 0 radical (unpaired) electrons. The van der Waals surface area contributed by atoms with Crippen LogP contribution in [0.2, 0.25) is 10.0 Å². The van der Waals surface area contributed by atoms with Crippen LogP contribution in [-0.2, 0) is 6.42 Å². The molecule has 0 amide bonds. The van der Waals surface area contributed by atoms with Crippen molar-refractivity contribution in [3.05, 3.63) is 100 Å². The maximum Gasteiger partial charge on any atom is 0.296 e. The molecule has 4 rings (SSSR count). The molecule has 2 aromatic carbocycles. The first-order chi connectivity index (χ1) is 13.4. The van der Waals surface area contributed by atoms with Gasteiger partial charge in [-0.15, -0.1) is 0 Å². The molecule has 2 aromatic heterocycles. The summed E-state index contributed by atoms with van der Waals surface area (Å²) < 4.78 is 14.4. The van der Waals surface area contributed by atoms with Gasteiger partial charge in [-0.3, -0.25) is 9.59 Å². The van der Waals surface area contributed by atoms with Crippen LogP contribution >= 0.6 is 34.5 Å². The van der Waals surface area contributed by atoms with Crippen molar-refractivity contribution in [3.63, 3.8) is 0 Å². The van der Waals surface area contributed by atoms with Gasteiger partial charge in [0.05, 0.1) is 4.53 Å². The molecule has 0 unspecified atom stereocenters. The molecular formula is C19H10Cl2FN3O2S. The van der Waals surface area contributed by atoms with E-state index < -0.39 is 11.1 Å². The van der Waals surface area contributed by atoms with Crippen LogP contribution < -0.4 is 15.7 Å². The summed E-state index contributed by atoms with van der Waals surface area (Å²) in [5.41, 5.74) is 0.326. The minimum Gasteiger partial charge on any atom is -0.266 e. The molecular weight excluding hydrogens is 424 g/mol. The third kappa shape index (κ3) is 3.56. The predicted molar refractivity (Wildman–Crippen MR) is 108 cm³/mol. The first kappa shape index (κ1) is 18.7. The Morgan fingerprint density at radius 3 is 2.43 bits per heavy atom. The molecule has 0 saturated carbocycles.